The zero-order valence-corrected chi connectivity index (χ0v) is 11.9. The first-order valence-electron chi connectivity index (χ1n) is 5.75. The van der Waals surface area contributed by atoms with Crippen molar-refractivity contribution < 1.29 is 5.11 Å². The van der Waals surface area contributed by atoms with Crippen molar-refractivity contribution in [2.75, 3.05) is 5.32 Å². The van der Waals surface area contributed by atoms with Crippen LogP contribution in [0.1, 0.15) is 24.2 Å². The van der Waals surface area contributed by atoms with E-state index in [4.69, 9.17) is 0 Å². The Labute approximate surface area is 115 Å². The van der Waals surface area contributed by atoms with Crippen molar-refractivity contribution in [3.05, 3.63) is 52.3 Å². The van der Waals surface area contributed by atoms with Gasteiger partial charge in [0.15, 0.2) is 0 Å². The largest absolute Gasteiger partial charge is 0.508 e. The first-order chi connectivity index (χ1) is 8.56. The Bertz CT molecular complexity index is 540. The molecule has 0 amide bonds. The van der Waals surface area contributed by atoms with Gasteiger partial charge in [0.1, 0.15) is 10.4 Å². The fourth-order valence-corrected chi connectivity index (χ4v) is 2.16. The Balaban J connectivity index is 2.15. The van der Waals surface area contributed by atoms with E-state index in [-0.39, 0.29) is 11.8 Å². The highest BCUT2D eigenvalue weighted by Crippen LogP contribution is 2.23. The molecule has 3 nitrogen and oxygen atoms in total. The number of hydrogen-bond donors (Lipinski definition) is 2. The van der Waals surface area contributed by atoms with Crippen LogP contribution in [0.3, 0.4) is 0 Å². The van der Waals surface area contributed by atoms with Gasteiger partial charge in [0.05, 0.1) is 11.4 Å². The third-order valence-corrected chi connectivity index (χ3v) is 3.26. The molecule has 94 valence electrons. The fourth-order valence-electron chi connectivity index (χ4n) is 1.76. The van der Waals surface area contributed by atoms with Gasteiger partial charge in [-0.05, 0) is 59.6 Å². The number of aromatic nitrogens is 1. The van der Waals surface area contributed by atoms with E-state index in [9.17, 15) is 5.11 Å². The molecule has 0 fully saturated rings. The van der Waals surface area contributed by atoms with E-state index >= 15 is 0 Å². The van der Waals surface area contributed by atoms with E-state index < -0.39 is 0 Å². The average Bonchev–Trinajstić information content (AvgIpc) is 2.33. The topological polar surface area (TPSA) is 45.2 Å². The molecule has 1 atom stereocenters. The Morgan fingerprint density at radius 1 is 1.17 bits per heavy atom. The molecule has 1 heterocycles. The van der Waals surface area contributed by atoms with Crippen LogP contribution >= 0.6 is 15.9 Å². The number of aryl methyl sites for hydroxylation is 1. The predicted octanol–water partition coefficient (Wildman–Crippen LogP) is 4.03. The number of phenolic OH excluding ortho intramolecular Hbond substituents is 1. The van der Waals surface area contributed by atoms with Crippen molar-refractivity contribution >= 4 is 21.6 Å². The summed E-state index contributed by atoms with van der Waals surface area (Å²) in [4.78, 5) is 4.35. The smallest absolute Gasteiger partial charge is 0.115 e. The summed E-state index contributed by atoms with van der Waals surface area (Å²) in [7, 11) is 0. The third kappa shape index (κ3) is 3.01. The molecule has 0 aliphatic heterocycles. The van der Waals surface area contributed by atoms with Crippen LogP contribution < -0.4 is 5.32 Å². The van der Waals surface area contributed by atoms with Crippen molar-refractivity contribution in [3.63, 3.8) is 0 Å². The van der Waals surface area contributed by atoms with Gasteiger partial charge in [0.25, 0.3) is 0 Å². The minimum absolute atomic E-state index is 0.160. The number of rotatable bonds is 3. The van der Waals surface area contributed by atoms with Crippen LogP contribution in [0, 0.1) is 6.92 Å². The summed E-state index contributed by atoms with van der Waals surface area (Å²) in [5.74, 6) is 0.285. The van der Waals surface area contributed by atoms with Gasteiger partial charge in [0.2, 0.25) is 0 Å². The van der Waals surface area contributed by atoms with Gasteiger partial charge in [-0.3, -0.25) is 0 Å². The van der Waals surface area contributed by atoms with E-state index in [0.29, 0.717) is 0 Å². The van der Waals surface area contributed by atoms with Crippen LogP contribution in [-0.2, 0) is 0 Å². The van der Waals surface area contributed by atoms with Crippen molar-refractivity contribution in [2.24, 2.45) is 0 Å². The lowest BCUT2D eigenvalue weighted by Gasteiger charge is -2.17. The van der Waals surface area contributed by atoms with Gasteiger partial charge < -0.3 is 10.4 Å². The van der Waals surface area contributed by atoms with Crippen molar-refractivity contribution in [1.82, 2.24) is 4.98 Å². The molecule has 18 heavy (non-hydrogen) atoms. The predicted molar refractivity (Wildman–Crippen MR) is 76.8 cm³/mol. The summed E-state index contributed by atoms with van der Waals surface area (Å²) in [6, 6.07) is 11.3. The molecule has 0 saturated carbocycles. The van der Waals surface area contributed by atoms with E-state index in [0.717, 1.165) is 21.5 Å². The van der Waals surface area contributed by atoms with Crippen LogP contribution in [0.15, 0.2) is 41.0 Å². The SMILES string of the molecule is Cc1nc(Br)ccc1NC(C)c1ccc(O)cc1. The molecule has 0 aliphatic carbocycles. The van der Waals surface area contributed by atoms with Crippen molar-refractivity contribution in [1.29, 1.82) is 0 Å². The van der Waals surface area contributed by atoms with Gasteiger partial charge in [-0.2, -0.15) is 0 Å². The number of pyridine rings is 1. The quantitative estimate of drug-likeness (QED) is 0.842. The number of aromatic hydroxyl groups is 1. The van der Waals surface area contributed by atoms with E-state index in [1.54, 1.807) is 12.1 Å². The number of nitrogens with zero attached hydrogens (tertiary/aromatic N) is 1. The summed E-state index contributed by atoms with van der Waals surface area (Å²) < 4.78 is 0.836. The van der Waals surface area contributed by atoms with Crippen LogP contribution in [0.2, 0.25) is 0 Å². The molecule has 0 bridgehead atoms. The molecular weight excluding hydrogens is 292 g/mol. The highest BCUT2D eigenvalue weighted by atomic mass is 79.9. The molecule has 1 aromatic carbocycles. The van der Waals surface area contributed by atoms with Crippen molar-refractivity contribution in [3.8, 4) is 5.75 Å². The Hall–Kier alpha value is -1.55. The molecule has 1 aromatic heterocycles. The molecule has 2 rings (SSSR count). The molecule has 1 unspecified atom stereocenters. The molecule has 0 aliphatic rings. The Kier molecular flexibility index (Phi) is 3.87. The van der Waals surface area contributed by atoms with Crippen LogP contribution in [-0.4, -0.2) is 10.1 Å². The van der Waals surface area contributed by atoms with Crippen LogP contribution in [0.4, 0.5) is 5.69 Å². The lowest BCUT2D eigenvalue weighted by atomic mass is 10.1. The van der Waals surface area contributed by atoms with Crippen LogP contribution in [0.25, 0.3) is 0 Å². The standard InChI is InChI=1S/C14H15BrN2O/c1-9(11-3-5-12(18)6-4-11)16-13-7-8-14(15)17-10(13)2/h3-9,16,18H,1-2H3. The lowest BCUT2D eigenvalue weighted by Crippen LogP contribution is -2.08. The van der Waals surface area contributed by atoms with Gasteiger partial charge in [-0.15, -0.1) is 0 Å². The summed E-state index contributed by atoms with van der Waals surface area (Å²) in [5, 5.41) is 12.7. The molecular formula is C14H15BrN2O. The first-order valence-corrected chi connectivity index (χ1v) is 6.54. The number of hydrogen-bond acceptors (Lipinski definition) is 3. The average molecular weight is 307 g/mol. The van der Waals surface area contributed by atoms with Crippen LogP contribution in [0.5, 0.6) is 5.75 Å². The summed E-state index contributed by atoms with van der Waals surface area (Å²) in [6.45, 7) is 4.05. The zero-order valence-electron chi connectivity index (χ0n) is 10.3. The fraction of sp³-hybridized carbons (Fsp3) is 0.214. The lowest BCUT2D eigenvalue weighted by molar-refractivity contribution is 0.475. The van der Waals surface area contributed by atoms with Gasteiger partial charge >= 0.3 is 0 Å². The number of halogens is 1. The summed E-state index contributed by atoms with van der Waals surface area (Å²) in [6.07, 6.45) is 0. The summed E-state index contributed by atoms with van der Waals surface area (Å²) >= 11 is 3.35. The van der Waals surface area contributed by atoms with Gasteiger partial charge in [-0.25, -0.2) is 4.98 Å². The minimum Gasteiger partial charge on any atom is -0.508 e. The minimum atomic E-state index is 0.160. The third-order valence-electron chi connectivity index (χ3n) is 2.82. The highest BCUT2D eigenvalue weighted by Gasteiger charge is 2.07. The number of anilines is 1. The van der Waals surface area contributed by atoms with E-state index in [1.165, 1.54) is 0 Å². The first kappa shape index (κ1) is 12.9. The Morgan fingerprint density at radius 2 is 1.83 bits per heavy atom. The molecule has 2 N–H and O–H groups in total. The normalized spacial score (nSPS) is 12.2. The maximum Gasteiger partial charge on any atom is 0.115 e. The maximum atomic E-state index is 9.27. The second-order valence-electron chi connectivity index (χ2n) is 4.22. The summed E-state index contributed by atoms with van der Waals surface area (Å²) in [5.41, 5.74) is 3.09. The monoisotopic (exact) mass is 306 g/mol. The molecule has 4 heteroatoms. The molecule has 0 spiro atoms. The second-order valence-corrected chi connectivity index (χ2v) is 5.04. The number of nitrogens with one attached hydrogen (secondary N) is 1. The number of benzene rings is 1. The highest BCUT2D eigenvalue weighted by molar-refractivity contribution is 9.10. The van der Waals surface area contributed by atoms with Gasteiger partial charge in [0, 0.05) is 6.04 Å². The number of phenols is 1. The molecule has 0 radical (unpaired) electrons. The Morgan fingerprint density at radius 3 is 2.44 bits per heavy atom. The van der Waals surface area contributed by atoms with Crippen molar-refractivity contribution in [2.45, 2.75) is 19.9 Å². The second kappa shape index (κ2) is 5.40. The zero-order chi connectivity index (χ0) is 13.1. The van der Waals surface area contributed by atoms with Gasteiger partial charge in [-0.1, -0.05) is 12.1 Å². The van der Waals surface area contributed by atoms with E-state index in [1.807, 2.05) is 31.2 Å². The molecule has 0 saturated heterocycles. The molecule has 2 aromatic rings. The maximum absolute atomic E-state index is 9.27. The van der Waals surface area contributed by atoms with E-state index in [2.05, 4.69) is 33.2 Å².